The van der Waals surface area contributed by atoms with Crippen molar-refractivity contribution in [3.05, 3.63) is 60.2 Å². The number of nitrogens with zero attached hydrogens (tertiary/aromatic N) is 4. The summed E-state index contributed by atoms with van der Waals surface area (Å²) in [7, 11) is 0. The van der Waals surface area contributed by atoms with Gasteiger partial charge in [0.05, 0.1) is 11.6 Å². The van der Waals surface area contributed by atoms with Gasteiger partial charge in [0.15, 0.2) is 11.5 Å². The lowest BCUT2D eigenvalue weighted by Gasteiger charge is -2.26. The molecule has 0 aliphatic carbocycles. The molecule has 1 unspecified atom stereocenters. The number of alkyl halides is 2. The molecule has 2 fully saturated rings. The normalized spacial score (nSPS) is 19.9. The Balaban J connectivity index is 0.00000173. The van der Waals surface area contributed by atoms with Crippen molar-refractivity contribution in [2.75, 3.05) is 38.0 Å². The third-order valence-corrected chi connectivity index (χ3v) is 7.63. The van der Waals surface area contributed by atoms with Crippen LogP contribution in [0.15, 0.2) is 54.6 Å². The number of aromatic nitrogens is 2. The highest BCUT2D eigenvalue weighted by atomic mass is 19.3. The number of amides is 2. The molecule has 1 atom stereocenters. The van der Waals surface area contributed by atoms with Crippen LogP contribution in [0.1, 0.15) is 62.4 Å². The number of halogens is 2. The van der Waals surface area contributed by atoms with E-state index in [1.165, 1.54) is 18.9 Å². The molecule has 6 rings (SSSR count). The maximum Gasteiger partial charge on any atom is 0.586 e. The molecule has 4 heterocycles. The summed E-state index contributed by atoms with van der Waals surface area (Å²) >= 11 is 0. The van der Waals surface area contributed by atoms with Gasteiger partial charge in [0.1, 0.15) is 5.52 Å². The summed E-state index contributed by atoms with van der Waals surface area (Å²) in [5, 5.41) is 2.86. The molecular formula is C31H37F2N5O4. The molecule has 0 spiro atoms. The van der Waals surface area contributed by atoms with Crippen LogP contribution < -0.4 is 14.8 Å². The van der Waals surface area contributed by atoms with E-state index in [1.54, 1.807) is 45.9 Å². The lowest BCUT2D eigenvalue weighted by molar-refractivity contribution is -0.286. The minimum Gasteiger partial charge on any atom is -0.395 e. The van der Waals surface area contributed by atoms with Crippen molar-refractivity contribution < 1.29 is 27.8 Å². The Kier molecular flexibility index (Phi) is 9.06. The van der Waals surface area contributed by atoms with Crippen molar-refractivity contribution in [3.8, 4) is 11.5 Å². The van der Waals surface area contributed by atoms with E-state index in [9.17, 15) is 18.4 Å². The first-order valence-electron chi connectivity index (χ1n) is 14.7. The number of fused-ring (bicyclic) bond motifs is 3. The predicted molar refractivity (Wildman–Crippen MR) is 156 cm³/mol. The van der Waals surface area contributed by atoms with Gasteiger partial charge in [-0.05, 0) is 69.5 Å². The minimum atomic E-state index is -3.81. The van der Waals surface area contributed by atoms with Gasteiger partial charge in [-0.2, -0.15) is 0 Å². The first-order chi connectivity index (χ1) is 20.4. The van der Waals surface area contributed by atoms with E-state index in [4.69, 9.17) is 9.47 Å². The number of carbonyl (C=O) groups excluding carboxylic acids is 2. The second kappa shape index (κ2) is 12.9. The lowest BCUT2D eigenvalue weighted by Crippen LogP contribution is -2.35. The van der Waals surface area contributed by atoms with Gasteiger partial charge in [-0.3, -0.25) is 19.8 Å². The van der Waals surface area contributed by atoms with E-state index in [2.05, 4.69) is 15.2 Å². The quantitative estimate of drug-likeness (QED) is 0.368. The number of hydrogen-bond donors (Lipinski definition) is 1. The zero-order chi connectivity index (χ0) is 29.7. The van der Waals surface area contributed by atoms with Crippen molar-refractivity contribution in [2.45, 2.75) is 58.3 Å². The summed E-state index contributed by atoms with van der Waals surface area (Å²) in [4.78, 5) is 35.0. The number of nitrogens with one attached hydrogen (secondary N) is 1. The average molecular weight is 582 g/mol. The Morgan fingerprint density at radius 3 is 2.52 bits per heavy atom. The molecule has 3 aromatic rings. The number of rotatable bonds is 6. The van der Waals surface area contributed by atoms with Crippen LogP contribution in [-0.2, 0) is 4.79 Å². The van der Waals surface area contributed by atoms with Gasteiger partial charge in [0, 0.05) is 31.3 Å². The van der Waals surface area contributed by atoms with Crippen molar-refractivity contribution >= 4 is 28.8 Å². The molecule has 0 saturated carbocycles. The summed E-state index contributed by atoms with van der Waals surface area (Å²) in [5.74, 6) is -0.529. The standard InChI is InChI=1S/C29H31F2N5O4.C2H6/c30-29(31)39-23-14-13-22-25(26(23)40-29)36(28(32-22)33-27(38)20-9-2-1-3-10-20)21-11-4-5-18-35(19-21)24(37)12-8-17-34-15-6-7-16-34;1-2/h1-3,8-10,12-14,21H,4-7,11,15-19H2,(H,32,33,38);1-2H3/b12-8+;. The highest BCUT2D eigenvalue weighted by Gasteiger charge is 2.45. The van der Waals surface area contributed by atoms with Crippen LogP contribution in [0.25, 0.3) is 11.0 Å². The van der Waals surface area contributed by atoms with Gasteiger partial charge in [0.25, 0.3) is 5.91 Å². The van der Waals surface area contributed by atoms with Gasteiger partial charge in [-0.1, -0.05) is 38.1 Å². The predicted octanol–water partition coefficient (Wildman–Crippen LogP) is 5.84. The SMILES string of the molecule is CC.O=C(Nc1nc2ccc3c(c2n1C1CCCCN(C(=O)/C=C/CN2CCCC2)C1)OC(F)(F)O3)c1ccccc1. The molecule has 224 valence electrons. The molecule has 1 N–H and O–H groups in total. The fourth-order valence-corrected chi connectivity index (χ4v) is 5.70. The highest BCUT2D eigenvalue weighted by Crippen LogP contribution is 2.47. The zero-order valence-corrected chi connectivity index (χ0v) is 24.0. The Morgan fingerprint density at radius 1 is 1.02 bits per heavy atom. The van der Waals surface area contributed by atoms with E-state index in [-0.39, 0.29) is 35.3 Å². The maximum atomic E-state index is 14.1. The molecule has 3 aliphatic rings. The summed E-state index contributed by atoms with van der Waals surface area (Å²) in [6.07, 6.45) is 4.35. The summed E-state index contributed by atoms with van der Waals surface area (Å²) < 4.78 is 39.6. The molecule has 0 radical (unpaired) electrons. The molecule has 3 aliphatic heterocycles. The van der Waals surface area contributed by atoms with Crippen LogP contribution in [0.5, 0.6) is 11.5 Å². The third kappa shape index (κ3) is 6.41. The average Bonchev–Trinajstić information content (AvgIpc) is 3.66. The number of likely N-dealkylation sites (tertiary alicyclic amines) is 2. The van der Waals surface area contributed by atoms with Crippen molar-refractivity contribution in [2.24, 2.45) is 0 Å². The molecule has 1 aromatic heterocycles. The van der Waals surface area contributed by atoms with Gasteiger partial charge in [-0.25, -0.2) is 4.98 Å². The largest absolute Gasteiger partial charge is 0.586 e. The Bertz CT molecular complexity index is 1440. The molecular weight excluding hydrogens is 544 g/mol. The van der Waals surface area contributed by atoms with Crippen molar-refractivity contribution in [1.82, 2.24) is 19.4 Å². The number of imidazole rings is 1. The van der Waals surface area contributed by atoms with E-state index >= 15 is 0 Å². The van der Waals surface area contributed by atoms with Gasteiger partial charge >= 0.3 is 6.29 Å². The minimum absolute atomic E-state index is 0.0956. The fraction of sp³-hybridized carbons (Fsp3) is 0.452. The third-order valence-electron chi connectivity index (χ3n) is 7.63. The first kappa shape index (κ1) is 29.5. The number of anilines is 1. The monoisotopic (exact) mass is 581 g/mol. The number of carbonyl (C=O) groups is 2. The molecule has 2 amide bonds. The summed E-state index contributed by atoms with van der Waals surface area (Å²) in [6.45, 7) is 7.74. The van der Waals surface area contributed by atoms with Crippen LogP contribution in [0, 0.1) is 0 Å². The Hall–Kier alpha value is -3.99. The smallest absolute Gasteiger partial charge is 0.395 e. The van der Waals surface area contributed by atoms with Crippen LogP contribution in [-0.4, -0.2) is 70.2 Å². The van der Waals surface area contributed by atoms with Gasteiger partial charge < -0.3 is 18.9 Å². The Labute approximate surface area is 244 Å². The van der Waals surface area contributed by atoms with Crippen molar-refractivity contribution in [1.29, 1.82) is 0 Å². The second-order valence-electron chi connectivity index (χ2n) is 10.4. The van der Waals surface area contributed by atoms with Gasteiger partial charge in [-0.15, -0.1) is 8.78 Å². The van der Waals surface area contributed by atoms with E-state index in [0.29, 0.717) is 36.1 Å². The topological polar surface area (TPSA) is 88.9 Å². The first-order valence-corrected chi connectivity index (χ1v) is 14.7. The number of hydrogen-bond acceptors (Lipinski definition) is 6. The molecule has 0 bridgehead atoms. The molecule has 9 nitrogen and oxygen atoms in total. The number of ether oxygens (including phenoxy) is 2. The van der Waals surface area contributed by atoms with Crippen LogP contribution >= 0.6 is 0 Å². The Morgan fingerprint density at radius 2 is 1.76 bits per heavy atom. The molecule has 42 heavy (non-hydrogen) atoms. The fourth-order valence-electron chi connectivity index (χ4n) is 5.70. The van der Waals surface area contributed by atoms with Crippen LogP contribution in [0.4, 0.5) is 14.7 Å². The summed E-state index contributed by atoms with van der Waals surface area (Å²) in [5.41, 5.74) is 1.09. The van der Waals surface area contributed by atoms with Crippen LogP contribution in [0.2, 0.25) is 0 Å². The molecule has 2 aromatic carbocycles. The highest BCUT2D eigenvalue weighted by molar-refractivity contribution is 6.04. The second-order valence-corrected chi connectivity index (χ2v) is 10.4. The summed E-state index contributed by atoms with van der Waals surface area (Å²) in [6, 6.07) is 11.3. The van der Waals surface area contributed by atoms with E-state index < -0.39 is 6.29 Å². The zero-order valence-electron chi connectivity index (χ0n) is 24.0. The van der Waals surface area contributed by atoms with E-state index in [0.717, 1.165) is 32.5 Å². The van der Waals surface area contributed by atoms with Crippen LogP contribution in [0.3, 0.4) is 0 Å². The van der Waals surface area contributed by atoms with E-state index in [1.807, 2.05) is 26.0 Å². The number of benzene rings is 2. The lowest BCUT2D eigenvalue weighted by atomic mass is 10.1. The maximum absolute atomic E-state index is 14.1. The molecule has 2 saturated heterocycles. The van der Waals surface area contributed by atoms with Crippen molar-refractivity contribution in [3.63, 3.8) is 0 Å². The van der Waals surface area contributed by atoms with Gasteiger partial charge in [0.2, 0.25) is 11.9 Å². The molecule has 11 heteroatoms.